The SMILES string of the molecule is CCCCCCCCC(OCCCCC)C(=O)OCCCCCC(CCCCCSCC(CCCCCC)OC(=O)CCCCCCC)N(C)CCCCO[Si](c1ccccc1)(c1ccccc1)C(C)(C)C. The second-order valence-corrected chi connectivity index (χ2v) is 27.5. The molecule has 0 bridgehead atoms. The summed E-state index contributed by atoms with van der Waals surface area (Å²) < 4.78 is 25.3. The summed E-state index contributed by atoms with van der Waals surface area (Å²) >= 11 is 1.98. The van der Waals surface area contributed by atoms with Gasteiger partial charge in [0.15, 0.2) is 6.10 Å². The number of carbonyl (C=O) groups excluding carboxylic acids is 2. The molecule has 0 aliphatic heterocycles. The van der Waals surface area contributed by atoms with Gasteiger partial charge in [0, 0.05) is 31.4 Å². The first-order valence-corrected chi connectivity index (χ1v) is 33.1. The Labute approximate surface area is 449 Å². The van der Waals surface area contributed by atoms with Crippen molar-refractivity contribution in [1.29, 1.82) is 0 Å². The molecule has 0 fully saturated rings. The molecule has 414 valence electrons. The molecular formula is C63H111NO6SSi. The van der Waals surface area contributed by atoms with Gasteiger partial charge < -0.3 is 23.5 Å². The molecule has 0 aliphatic rings. The number of esters is 2. The van der Waals surface area contributed by atoms with Crippen molar-refractivity contribution in [1.82, 2.24) is 4.90 Å². The van der Waals surface area contributed by atoms with Crippen molar-refractivity contribution in [2.75, 3.05) is 44.9 Å². The predicted octanol–water partition coefficient (Wildman–Crippen LogP) is 16.6. The maximum atomic E-state index is 13.2. The van der Waals surface area contributed by atoms with Crippen LogP contribution in [-0.2, 0) is 28.2 Å². The maximum Gasteiger partial charge on any atom is 0.335 e. The van der Waals surface area contributed by atoms with Gasteiger partial charge >= 0.3 is 11.9 Å². The molecule has 9 heteroatoms. The largest absolute Gasteiger partial charge is 0.464 e. The lowest BCUT2D eigenvalue weighted by atomic mass is 10.0. The number of unbranched alkanes of at least 4 members (excludes halogenated alkanes) is 19. The Hall–Kier alpha value is -2.17. The predicted molar refractivity (Wildman–Crippen MR) is 314 cm³/mol. The molecule has 0 heterocycles. The Bertz CT molecular complexity index is 1520. The van der Waals surface area contributed by atoms with Crippen LogP contribution >= 0.6 is 11.8 Å². The highest BCUT2D eigenvalue weighted by Gasteiger charge is 2.50. The van der Waals surface area contributed by atoms with Crippen LogP contribution < -0.4 is 10.4 Å². The molecule has 0 N–H and O–H groups in total. The number of hydrogen-bond donors (Lipinski definition) is 0. The normalized spacial score (nSPS) is 13.3. The van der Waals surface area contributed by atoms with E-state index in [1.54, 1.807) is 0 Å². The van der Waals surface area contributed by atoms with E-state index in [2.05, 4.69) is 121 Å². The summed E-state index contributed by atoms with van der Waals surface area (Å²) in [5.41, 5.74) is 0. The lowest BCUT2D eigenvalue weighted by Crippen LogP contribution is -2.66. The Kier molecular flexibility index (Phi) is 39.4. The van der Waals surface area contributed by atoms with E-state index in [1.165, 1.54) is 100 Å². The smallest absolute Gasteiger partial charge is 0.335 e. The van der Waals surface area contributed by atoms with Gasteiger partial charge in [-0.3, -0.25) is 4.79 Å². The van der Waals surface area contributed by atoms with E-state index in [0.29, 0.717) is 25.7 Å². The van der Waals surface area contributed by atoms with E-state index in [9.17, 15) is 9.59 Å². The number of hydrogen-bond acceptors (Lipinski definition) is 8. The van der Waals surface area contributed by atoms with Crippen LogP contribution in [0.1, 0.15) is 248 Å². The standard InChI is InChI=1S/C63H111NO6SSi/c1-9-13-17-20-22-34-48-60(67-51-37-16-12-4)62(66)68-52-38-25-27-41-56(42-28-26-40-54-71-55-57(43-29-19-15-11-3)70-61(65)49-35-21-18-14-10-2)64(8)50-36-39-53-69-72(63(5,6)7,58-44-30-23-31-45-58)59-46-32-24-33-47-59/h23-24,30-33,44-47,56-57,60H,9-22,25-29,34-43,48-55H2,1-8H3. The van der Waals surface area contributed by atoms with Gasteiger partial charge in [0.05, 0.1) is 6.61 Å². The molecule has 0 saturated carbocycles. The summed E-state index contributed by atoms with van der Waals surface area (Å²) in [6.45, 7) is 18.9. The number of nitrogens with zero attached hydrogens (tertiary/aromatic N) is 1. The summed E-state index contributed by atoms with van der Waals surface area (Å²) in [4.78, 5) is 28.6. The van der Waals surface area contributed by atoms with Crippen LogP contribution in [0.25, 0.3) is 0 Å². The first-order chi connectivity index (χ1) is 35.0. The second-order valence-electron chi connectivity index (χ2n) is 22.0. The molecule has 7 nitrogen and oxygen atoms in total. The zero-order valence-electron chi connectivity index (χ0n) is 48.0. The summed E-state index contributed by atoms with van der Waals surface area (Å²) in [5, 5.41) is 2.65. The average molecular weight is 1040 g/mol. The summed E-state index contributed by atoms with van der Waals surface area (Å²) in [6.07, 6.45) is 34.2. The summed E-state index contributed by atoms with van der Waals surface area (Å²) in [5.74, 6) is 1.88. The lowest BCUT2D eigenvalue weighted by Gasteiger charge is -2.43. The molecule has 0 amide bonds. The van der Waals surface area contributed by atoms with E-state index >= 15 is 0 Å². The molecular weight excluding hydrogens is 927 g/mol. The van der Waals surface area contributed by atoms with Gasteiger partial charge in [-0.25, -0.2) is 4.79 Å². The minimum atomic E-state index is -2.55. The van der Waals surface area contributed by atoms with Gasteiger partial charge in [-0.15, -0.1) is 0 Å². The van der Waals surface area contributed by atoms with Crippen LogP contribution in [0.15, 0.2) is 60.7 Å². The van der Waals surface area contributed by atoms with Gasteiger partial charge in [0.1, 0.15) is 6.10 Å². The van der Waals surface area contributed by atoms with E-state index in [1.807, 2.05) is 11.8 Å². The lowest BCUT2D eigenvalue weighted by molar-refractivity contribution is -0.158. The quantitative estimate of drug-likeness (QED) is 0.0369. The van der Waals surface area contributed by atoms with Crippen LogP contribution in [0.5, 0.6) is 0 Å². The zero-order valence-corrected chi connectivity index (χ0v) is 49.8. The zero-order chi connectivity index (χ0) is 52.4. The Morgan fingerprint density at radius 2 is 1.04 bits per heavy atom. The number of thioether (sulfide) groups is 1. The molecule has 2 aromatic rings. The highest BCUT2D eigenvalue weighted by atomic mass is 32.2. The number of ether oxygens (including phenoxy) is 3. The van der Waals surface area contributed by atoms with Crippen LogP contribution in [-0.4, -0.2) is 88.3 Å². The van der Waals surface area contributed by atoms with Crippen molar-refractivity contribution in [2.24, 2.45) is 0 Å². The summed E-state index contributed by atoms with van der Waals surface area (Å²) in [6, 6.07) is 22.5. The second kappa shape index (κ2) is 43.0. The van der Waals surface area contributed by atoms with Crippen molar-refractivity contribution >= 4 is 42.4 Å². The van der Waals surface area contributed by atoms with Gasteiger partial charge in [-0.05, 0) is 105 Å². The van der Waals surface area contributed by atoms with Crippen LogP contribution in [0.4, 0.5) is 0 Å². The fraction of sp³-hybridized carbons (Fsp3) is 0.778. The topological polar surface area (TPSA) is 74.3 Å². The average Bonchev–Trinajstić information content (AvgIpc) is 3.37. The summed E-state index contributed by atoms with van der Waals surface area (Å²) in [7, 11) is -0.216. The molecule has 2 aromatic carbocycles. The fourth-order valence-electron chi connectivity index (χ4n) is 10.2. The van der Waals surface area contributed by atoms with Gasteiger partial charge in [-0.1, -0.05) is 231 Å². The van der Waals surface area contributed by atoms with Gasteiger partial charge in [0.25, 0.3) is 8.32 Å². The Balaban J connectivity index is 1.98. The van der Waals surface area contributed by atoms with E-state index in [4.69, 9.17) is 18.6 Å². The van der Waals surface area contributed by atoms with Crippen molar-refractivity contribution in [3.8, 4) is 0 Å². The van der Waals surface area contributed by atoms with Crippen molar-refractivity contribution in [3.63, 3.8) is 0 Å². The van der Waals surface area contributed by atoms with Crippen molar-refractivity contribution in [2.45, 2.75) is 271 Å². The van der Waals surface area contributed by atoms with E-state index in [0.717, 1.165) is 127 Å². The molecule has 3 unspecified atom stereocenters. The molecule has 2 rings (SSSR count). The third-order valence-corrected chi connectivity index (χ3v) is 20.9. The maximum absolute atomic E-state index is 13.2. The molecule has 0 radical (unpaired) electrons. The van der Waals surface area contributed by atoms with E-state index in [-0.39, 0.29) is 23.1 Å². The molecule has 0 saturated heterocycles. The first-order valence-electron chi connectivity index (χ1n) is 30.0. The monoisotopic (exact) mass is 1040 g/mol. The number of benzene rings is 2. The minimum Gasteiger partial charge on any atom is -0.464 e. The Morgan fingerprint density at radius 1 is 0.556 bits per heavy atom. The minimum absolute atomic E-state index is 0.00531. The molecule has 3 atom stereocenters. The van der Waals surface area contributed by atoms with Gasteiger partial charge in [-0.2, -0.15) is 11.8 Å². The van der Waals surface area contributed by atoms with Crippen LogP contribution in [0.3, 0.4) is 0 Å². The molecule has 0 aromatic heterocycles. The van der Waals surface area contributed by atoms with Crippen molar-refractivity contribution in [3.05, 3.63) is 60.7 Å². The van der Waals surface area contributed by atoms with Crippen molar-refractivity contribution < 1.29 is 28.2 Å². The van der Waals surface area contributed by atoms with Gasteiger partial charge in [0.2, 0.25) is 0 Å². The molecule has 0 spiro atoms. The molecule has 0 aliphatic carbocycles. The third-order valence-electron chi connectivity index (χ3n) is 14.6. The Morgan fingerprint density at radius 3 is 1.65 bits per heavy atom. The van der Waals surface area contributed by atoms with Crippen LogP contribution in [0, 0.1) is 0 Å². The first kappa shape index (κ1) is 65.9. The van der Waals surface area contributed by atoms with Crippen LogP contribution in [0.2, 0.25) is 5.04 Å². The fourth-order valence-corrected chi connectivity index (χ4v) is 15.8. The third kappa shape index (κ3) is 29.2. The van der Waals surface area contributed by atoms with E-state index < -0.39 is 14.4 Å². The highest BCUT2D eigenvalue weighted by molar-refractivity contribution is 7.99. The molecule has 72 heavy (non-hydrogen) atoms. The highest BCUT2D eigenvalue weighted by Crippen LogP contribution is 2.37. The number of carbonyl (C=O) groups is 2. The number of rotatable bonds is 48.